The van der Waals surface area contributed by atoms with Crippen LogP contribution < -0.4 is 14.8 Å². The topological polar surface area (TPSA) is 59.2 Å². The summed E-state index contributed by atoms with van der Waals surface area (Å²) in [5.74, 6) is 2.34. The second kappa shape index (κ2) is 5.50. The molecule has 0 atom stereocenters. The molecule has 0 radical (unpaired) electrons. The summed E-state index contributed by atoms with van der Waals surface area (Å²) in [6.45, 7) is 1.82. The number of aromatic nitrogens is 2. The molecular weight excluding hydrogens is 266 g/mol. The zero-order valence-electron chi connectivity index (χ0n) is 10.3. The zero-order chi connectivity index (χ0) is 13.1. The fraction of sp³-hybridized carbons (Fsp3) is 0.308. The quantitative estimate of drug-likeness (QED) is 0.823. The van der Waals surface area contributed by atoms with E-state index in [9.17, 15) is 0 Å². The SMILES string of the molecule is Clc1cc(CNCCc2ncc[nH]2)cc2c1OCO2. The molecule has 3 rings (SSSR count). The maximum Gasteiger partial charge on any atom is 0.231 e. The lowest BCUT2D eigenvalue weighted by atomic mass is 10.2. The van der Waals surface area contributed by atoms with E-state index in [1.807, 2.05) is 18.3 Å². The molecule has 2 aromatic rings. The van der Waals surface area contributed by atoms with Gasteiger partial charge in [0.1, 0.15) is 5.82 Å². The van der Waals surface area contributed by atoms with Gasteiger partial charge in [-0.15, -0.1) is 0 Å². The molecule has 2 N–H and O–H groups in total. The van der Waals surface area contributed by atoms with Crippen LogP contribution in [0.15, 0.2) is 24.5 Å². The zero-order valence-corrected chi connectivity index (χ0v) is 11.0. The maximum absolute atomic E-state index is 6.12. The molecule has 0 fully saturated rings. The Morgan fingerprint density at radius 1 is 1.37 bits per heavy atom. The van der Waals surface area contributed by atoms with E-state index < -0.39 is 0 Å². The maximum atomic E-state index is 6.12. The third-order valence-electron chi connectivity index (χ3n) is 2.91. The molecule has 0 aliphatic carbocycles. The minimum Gasteiger partial charge on any atom is -0.454 e. The van der Waals surface area contributed by atoms with Gasteiger partial charge in [0.25, 0.3) is 0 Å². The summed E-state index contributed by atoms with van der Waals surface area (Å²) >= 11 is 6.12. The second-order valence-electron chi connectivity index (χ2n) is 4.27. The Morgan fingerprint density at radius 3 is 3.16 bits per heavy atom. The highest BCUT2D eigenvalue weighted by molar-refractivity contribution is 6.32. The lowest BCUT2D eigenvalue weighted by molar-refractivity contribution is 0.174. The van der Waals surface area contributed by atoms with Gasteiger partial charge in [-0.2, -0.15) is 0 Å². The number of ether oxygens (including phenoxy) is 2. The summed E-state index contributed by atoms with van der Waals surface area (Å²) in [7, 11) is 0. The summed E-state index contributed by atoms with van der Waals surface area (Å²) in [5, 5.41) is 3.94. The van der Waals surface area contributed by atoms with Crippen molar-refractivity contribution in [3.63, 3.8) is 0 Å². The number of imidazole rings is 1. The molecule has 5 nitrogen and oxygen atoms in total. The molecule has 6 heteroatoms. The number of nitrogens with one attached hydrogen (secondary N) is 2. The summed E-state index contributed by atoms with van der Waals surface area (Å²) in [5.41, 5.74) is 1.08. The molecule has 1 aromatic heterocycles. The van der Waals surface area contributed by atoms with Crippen molar-refractivity contribution in [2.45, 2.75) is 13.0 Å². The smallest absolute Gasteiger partial charge is 0.231 e. The van der Waals surface area contributed by atoms with Gasteiger partial charge in [0.05, 0.1) is 5.02 Å². The van der Waals surface area contributed by atoms with Crippen LogP contribution in [0.4, 0.5) is 0 Å². The van der Waals surface area contributed by atoms with Gasteiger partial charge >= 0.3 is 0 Å². The molecule has 100 valence electrons. The molecular formula is C13H14ClN3O2. The number of fused-ring (bicyclic) bond motifs is 1. The summed E-state index contributed by atoms with van der Waals surface area (Å²) in [6.07, 6.45) is 4.45. The summed E-state index contributed by atoms with van der Waals surface area (Å²) in [4.78, 5) is 7.24. The Bertz CT molecular complexity index is 557. The fourth-order valence-corrected chi connectivity index (χ4v) is 2.28. The monoisotopic (exact) mass is 279 g/mol. The Morgan fingerprint density at radius 2 is 2.32 bits per heavy atom. The van der Waals surface area contributed by atoms with Crippen molar-refractivity contribution in [3.8, 4) is 11.5 Å². The van der Waals surface area contributed by atoms with Gasteiger partial charge in [0.15, 0.2) is 11.5 Å². The van der Waals surface area contributed by atoms with Crippen LogP contribution in [0.5, 0.6) is 11.5 Å². The van der Waals surface area contributed by atoms with Crippen LogP contribution in [0, 0.1) is 0 Å². The lowest BCUT2D eigenvalue weighted by Crippen LogP contribution is -2.17. The first-order chi connectivity index (χ1) is 9.33. The van der Waals surface area contributed by atoms with Crippen molar-refractivity contribution in [2.24, 2.45) is 0 Å². The highest BCUT2D eigenvalue weighted by atomic mass is 35.5. The summed E-state index contributed by atoms with van der Waals surface area (Å²) in [6, 6.07) is 3.85. The molecule has 0 bridgehead atoms. The van der Waals surface area contributed by atoms with Crippen LogP contribution in [-0.4, -0.2) is 23.3 Å². The number of rotatable bonds is 5. The normalized spacial score (nSPS) is 12.9. The number of nitrogens with zero attached hydrogens (tertiary/aromatic N) is 1. The van der Waals surface area contributed by atoms with Gasteiger partial charge in [-0.1, -0.05) is 11.6 Å². The number of hydrogen-bond donors (Lipinski definition) is 2. The molecule has 0 amide bonds. The third-order valence-corrected chi connectivity index (χ3v) is 3.19. The van der Waals surface area contributed by atoms with Gasteiger partial charge < -0.3 is 19.8 Å². The van der Waals surface area contributed by atoms with E-state index >= 15 is 0 Å². The Balaban J connectivity index is 1.54. The van der Waals surface area contributed by atoms with E-state index in [1.165, 1.54) is 0 Å². The van der Waals surface area contributed by atoms with Crippen LogP contribution in [0.2, 0.25) is 5.02 Å². The Kier molecular flexibility index (Phi) is 3.57. The number of hydrogen-bond acceptors (Lipinski definition) is 4. The predicted molar refractivity (Wildman–Crippen MR) is 71.6 cm³/mol. The van der Waals surface area contributed by atoms with E-state index in [4.69, 9.17) is 21.1 Å². The van der Waals surface area contributed by atoms with Gasteiger partial charge in [-0.05, 0) is 17.7 Å². The van der Waals surface area contributed by atoms with Crippen LogP contribution in [0.1, 0.15) is 11.4 Å². The standard InChI is InChI=1S/C13H14ClN3O2/c14-10-5-9(6-11-13(10)19-8-18-11)7-15-2-1-12-16-3-4-17-12/h3-6,15H,1-2,7-8H2,(H,16,17). The number of halogens is 1. The van der Waals surface area contributed by atoms with Crippen molar-refractivity contribution < 1.29 is 9.47 Å². The van der Waals surface area contributed by atoms with Crippen molar-refractivity contribution in [3.05, 3.63) is 40.9 Å². The highest BCUT2D eigenvalue weighted by Gasteiger charge is 2.17. The largest absolute Gasteiger partial charge is 0.454 e. The molecule has 1 aliphatic heterocycles. The van der Waals surface area contributed by atoms with Gasteiger partial charge in [-0.3, -0.25) is 0 Å². The van der Waals surface area contributed by atoms with E-state index in [-0.39, 0.29) is 6.79 Å². The predicted octanol–water partition coefficient (Wildman–Crippen LogP) is 2.12. The van der Waals surface area contributed by atoms with Crippen molar-refractivity contribution in [1.82, 2.24) is 15.3 Å². The summed E-state index contributed by atoms with van der Waals surface area (Å²) < 4.78 is 10.6. The van der Waals surface area contributed by atoms with Crippen molar-refractivity contribution >= 4 is 11.6 Å². The van der Waals surface area contributed by atoms with Gasteiger partial charge in [0.2, 0.25) is 6.79 Å². The Labute approximate surface area is 115 Å². The average Bonchev–Trinajstić information content (AvgIpc) is 3.05. The molecule has 1 aromatic carbocycles. The first-order valence-electron chi connectivity index (χ1n) is 6.10. The van der Waals surface area contributed by atoms with Crippen LogP contribution >= 0.6 is 11.6 Å². The molecule has 0 spiro atoms. The van der Waals surface area contributed by atoms with Gasteiger partial charge in [0, 0.05) is 31.9 Å². The van der Waals surface area contributed by atoms with E-state index in [2.05, 4.69) is 15.3 Å². The number of H-pyrrole nitrogens is 1. The van der Waals surface area contributed by atoms with E-state index in [1.54, 1.807) is 6.20 Å². The van der Waals surface area contributed by atoms with E-state index in [0.717, 1.165) is 36.6 Å². The highest BCUT2D eigenvalue weighted by Crippen LogP contribution is 2.39. The molecule has 0 saturated heterocycles. The molecule has 19 heavy (non-hydrogen) atoms. The van der Waals surface area contributed by atoms with Crippen LogP contribution in [0.3, 0.4) is 0 Å². The molecule has 0 unspecified atom stereocenters. The number of aromatic amines is 1. The average molecular weight is 280 g/mol. The van der Waals surface area contributed by atoms with Crippen LogP contribution in [-0.2, 0) is 13.0 Å². The minimum absolute atomic E-state index is 0.241. The van der Waals surface area contributed by atoms with Crippen molar-refractivity contribution in [1.29, 1.82) is 0 Å². The van der Waals surface area contributed by atoms with Gasteiger partial charge in [-0.25, -0.2) is 4.98 Å². The molecule has 1 aliphatic rings. The van der Waals surface area contributed by atoms with E-state index in [0.29, 0.717) is 10.8 Å². The first kappa shape index (κ1) is 12.3. The second-order valence-corrected chi connectivity index (χ2v) is 4.68. The first-order valence-corrected chi connectivity index (χ1v) is 6.48. The van der Waals surface area contributed by atoms with Crippen LogP contribution in [0.25, 0.3) is 0 Å². The van der Waals surface area contributed by atoms with Crippen molar-refractivity contribution in [2.75, 3.05) is 13.3 Å². The molecule has 0 saturated carbocycles. The minimum atomic E-state index is 0.241. The molecule has 2 heterocycles. The Hall–Kier alpha value is -1.72. The third kappa shape index (κ3) is 2.83. The fourth-order valence-electron chi connectivity index (χ4n) is 2.00. The number of benzene rings is 1. The lowest BCUT2D eigenvalue weighted by Gasteiger charge is -2.06.